The lowest BCUT2D eigenvalue weighted by atomic mass is 9.76. The zero-order valence-corrected chi connectivity index (χ0v) is 16.3. The summed E-state index contributed by atoms with van der Waals surface area (Å²) in [5.41, 5.74) is 2.27. The van der Waals surface area contributed by atoms with E-state index < -0.39 is 13.1 Å². The molecule has 7 nitrogen and oxygen atoms in total. The van der Waals surface area contributed by atoms with Crippen molar-refractivity contribution in [2.45, 2.75) is 25.3 Å². The van der Waals surface area contributed by atoms with E-state index in [1.54, 1.807) is 10.8 Å². The molecule has 0 saturated heterocycles. The summed E-state index contributed by atoms with van der Waals surface area (Å²) in [7, 11) is -1.72. The van der Waals surface area contributed by atoms with Crippen molar-refractivity contribution in [3.05, 3.63) is 70.0 Å². The van der Waals surface area contributed by atoms with Gasteiger partial charge in [0.1, 0.15) is 5.58 Å². The summed E-state index contributed by atoms with van der Waals surface area (Å²) in [6.07, 6.45) is 1.82. The Bertz CT molecular complexity index is 1210. The highest BCUT2D eigenvalue weighted by atomic mass is 32.1. The monoisotopic (exact) mass is 410 g/mol. The van der Waals surface area contributed by atoms with E-state index in [9.17, 15) is 19.6 Å². The maximum Gasteiger partial charge on any atom is 0.475 e. The zero-order valence-electron chi connectivity index (χ0n) is 15.4. The van der Waals surface area contributed by atoms with Crippen LogP contribution in [0, 0.1) is 0 Å². The molecule has 0 spiro atoms. The molecule has 0 radical (unpaired) electrons. The summed E-state index contributed by atoms with van der Waals surface area (Å²) < 4.78 is 7.90. The predicted molar refractivity (Wildman–Crippen MR) is 113 cm³/mol. The first-order chi connectivity index (χ1) is 14.0. The van der Waals surface area contributed by atoms with E-state index in [-0.39, 0.29) is 30.2 Å². The highest BCUT2D eigenvalue weighted by Crippen LogP contribution is 2.22. The highest BCUT2D eigenvalue weighted by Gasteiger charge is 2.27. The Morgan fingerprint density at radius 3 is 2.76 bits per heavy atom. The number of thiazole rings is 1. The Labute approximate surface area is 170 Å². The first-order valence-electron chi connectivity index (χ1n) is 9.22. The molecule has 148 valence electrons. The minimum Gasteiger partial charge on any atom is -0.464 e. The van der Waals surface area contributed by atoms with Crippen molar-refractivity contribution in [1.82, 2.24) is 9.88 Å². The van der Waals surface area contributed by atoms with Crippen LogP contribution >= 0.6 is 11.3 Å². The molecule has 2 aromatic heterocycles. The second kappa shape index (κ2) is 8.24. The number of carbonyl (C=O) groups is 1. The summed E-state index contributed by atoms with van der Waals surface area (Å²) >= 11 is 1.14. The van der Waals surface area contributed by atoms with Gasteiger partial charge in [0, 0.05) is 18.4 Å². The standard InChI is InChI=1S/C20H19BN2O5S/c24-19(9-10-23-15-6-2-4-8-17(15)29-20(23)25)22-18(21(26)27)11-13-12-28-16-7-3-1-5-14(13)16/h1-8,12,18,26-27H,9-11H2,(H,22,24). The van der Waals surface area contributed by atoms with Gasteiger partial charge in [-0.15, -0.1) is 0 Å². The molecule has 0 aliphatic rings. The Balaban J connectivity index is 1.44. The van der Waals surface area contributed by atoms with Crippen LogP contribution in [0.1, 0.15) is 12.0 Å². The van der Waals surface area contributed by atoms with Crippen LogP contribution in [-0.2, 0) is 17.8 Å². The molecule has 4 aromatic rings. The number of amides is 1. The first kappa shape index (κ1) is 19.4. The van der Waals surface area contributed by atoms with Crippen LogP contribution in [0.5, 0.6) is 0 Å². The molecule has 1 amide bonds. The lowest BCUT2D eigenvalue weighted by Gasteiger charge is -2.17. The Hall–Kier alpha value is -2.88. The predicted octanol–water partition coefficient (Wildman–Crippen LogP) is 1.94. The smallest absolute Gasteiger partial charge is 0.464 e. The molecule has 0 bridgehead atoms. The van der Waals surface area contributed by atoms with Crippen LogP contribution < -0.4 is 10.2 Å². The highest BCUT2D eigenvalue weighted by molar-refractivity contribution is 7.16. The summed E-state index contributed by atoms with van der Waals surface area (Å²) in [5.74, 6) is -1.25. The molecule has 0 aliphatic carbocycles. The first-order valence-corrected chi connectivity index (χ1v) is 10.0. The molecule has 2 aromatic carbocycles. The molecule has 0 saturated carbocycles. The zero-order chi connectivity index (χ0) is 20.4. The van der Waals surface area contributed by atoms with Gasteiger partial charge in [-0.25, -0.2) is 0 Å². The number of carbonyl (C=O) groups excluding carboxylic acids is 1. The van der Waals surface area contributed by atoms with Gasteiger partial charge in [0.25, 0.3) is 0 Å². The van der Waals surface area contributed by atoms with Crippen molar-refractivity contribution < 1.29 is 19.3 Å². The Kier molecular flexibility index (Phi) is 5.52. The van der Waals surface area contributed by atoms with Crippen molar-refractivity contribution in [2.24, 2.45) is 0 Å². The second-order valence-electron chi connectivity index (χ2n) is 6.79. The van der Waals surface area contributed by atoms with Crippen molar-refractivity contribution in [2.75, 3.05) is 0 Å². The quantitative estimate of drug-likeness (QED) is 0.404. The van der Waals surface area contributed by atoms with Crippen LogP contribution in [0.2, 0.25) is 0 Å². The third-order valence-electron chi connectivity index (χ3n) is 4.84. The van der Waals surface area contributed by atoms with Crippen molar-refractivity contribution in [1.29, 1.82) is 0 Å². The van der Waals surface area contributed by atoms with Crippen LogP contribution in [0.3, 0.4) is 0 Å². The van der Waals surface area contributed by atoms with Crippen molar-refractivity contribution in [3.63, 3.8) is 0 Å². The topological polar surface area (TPSA) is 105 Å². The van der Waals surface area contributed by atoms with Gasteiger partial charge >= 0.3 is 12.0 Å². The molecule has 3 N–H and O–H groups in total. The van der Waals surface area contributed by atoms with Crippen LogP contribution in [0.4, 0.5) is 0 Å². The fraction of sp³-hybridized carbons (Fsp3) is 0.200. The van der Waals surface area contributed by atoms with Crippen molar-refractivity contribution in [3.8, 4) is 0 Å². The number of aryl methyl sites for hydroxylation is 1. The fourth-order valence-electron chi connectivity index (χ4n) is 3.38. The van der Waals surface area contributed by atoms with E-state index in [4.69, 9.17) is 4.42 Å². The van der Waals surface area contributed by atoms with Crippen molar-refractivity contribution >= 4 is 45.5 Å². The fourth-order valence-corrected chi connectivity index (χ4v) is 4.29. The Morgan fingerprint density at radius 2 is 1.93 bits per heavy atom. The normalized spacial score (nSPS) is 12.3. The second-order valence-corrected chi connectivity index (χ2v) is 7.78. The van der Waals surface area contributed by atoms with Gasteiger partial charge in [-0.3, -0.25) is 14.2 Å². The number of para-hydroxylation sites is 2. The Morgan fingerprint density at radius 1 is 1.17 bits per heavy atom. The number of hydrogen-bond acceptors (Lipinski definition) is 6. The third kappa shape index (κ3) is 4.12. The van der Waals surface area contributed by atoms with E-state index in [0.29, 0.717) is 5.58 Å². The number of fused-ring (bicyclic) bond motifs is 2. The van der Waals surface area contributed by atoms with Gasteiger partial charge in [0.15, 0.2) is 0 Å². The lowest BCUT2D eigenvalue weighted by molar-refractivity contribution is -0.121. The van der Waals surface area contributed by atoms with Gasteiger partial charge < -0.3 is 19.8 Å². The van der Waals surface area contributed by atoms with E-state index in [2.05, 4.69) is 5.32 Å². The molecule has 4 rings (SSSR count). The molecule has 9 heteroatoms. The van der Waals surface area contributed by atoms with Crippen LogP contribution in [-0.4, -0.2) is 33.6 Å². The van der Waals surface area contributed by atoms with E-state index in [1.807, 2.05) is 48.5 Å². The SMILES string of the molecule is O=C(CCn1c(=O)sc2ccccc21)NC(Cc1coc2ccccc12)B(O)O. The minimum absolute atomic E-state index is 0.0516. The number of nitrogens with zero attached hydrogens (tertiary/aromatic N) is 1. The van der Waals surface area contributed by atoms with E-state index >= 15 is 0 Å². The van der Waals surface area contributed by atoms with Crippen LogP contribution in [0.15, 0.2) is 64.0 Å². The van der Waals surface area contributed by atoms with Crippen LogP contribution in [0.25, 0.3) is 21.2 Å². The number of nitrogens with one attached hydrogen (secondary N) is 1. The van der Waals surface area contributed by atoms with Gasteiger partial charge in [-0.2, -0.15) is 0 Å². The molecular weight excluding hydrogens is 391 g/mol. The summed E-state index contributed by atoms with van der Waals surface area (Å²) in [5, 5.41) is 23.0. The average molecular weight is 410 g/mol. The number of aromatic nitrogens is 1. The van der Waals surface area contributed by atoms with E-state index in [1.165, 1.54) is 0 Å². The minimum atomic E-state index is -1.72. The van der Waals surface area contributed by atoms with Gasteiger partial charge in [0.05, 0.1) is 22.4 Å². The summed E-state index contributed by atoms with van der Waals surface area (Å²) in [6.45, 7) is 0.220. The number of benzene rings is 2. The summed E-state index contributed by atoms with van der Waals surface area (Å²) in [4.78, 5) is 24.5. The molecule has 2 heterocycles. The number of rotatable bonds is 7. The molecule has 0 fully saturated rings. The van der Waals surface area contributed by atoms with Gasteiger partial charge in [-0.1, -0.05) is 41.7 Å². The van der Waals surface area contributed by atoms with Gasteiger partial charge in [0.2, 0.25) is 5.91 Å². The molecule has 1 unspecified atom stereocenters. The molecule has 29 heavy (non-hydrogen) atoms. The van der Waals surface area contributed by atoms with Gasteiger partial charge in [-0.05, 0) is 30.2 Å². The van der Waals surface area contributed by atoms with E-state index in [0.717, 1.165) is 32.5 Å². The lowest BCUT2D eigenvalue weighted by Crippen LogP contribution is -2.48. The average Bonchev–Trinajstić information content (AvgIpc) is 3.26. The maximum atomic E-state index is 12.4. The number of hydrogen-bond donors (Lipinski definition) is 3. The third-order valence-corrected chi connectivity index (χ3v) is 5.80. The molecular formula is C20H19BN2O5S. The molecule has 0 aliphatic heterocycles. The number of furan rings is 1. The summed E-state index contributed by atoms with van der Waals surface area (Å²) in [6, 6.07) is 14.8. The largest absolute Gasteiger partial charge is 0.475 e. The molecule has 1 atom stereocenters. The maximum absolute atomic E-state index is 12.4.